The largest absolute Gasteiger partial charge is 0.497 e. The molecule has 1 aliphatic heterocycles. The van der Waals surface area contributed by atoms with E-state index in [0.29, 0.717) is 19.6 Å². The van der Waals surface area contributed by atoms with Gasteiger partial charge in [0, 0.05) is 5.75 Å². The molecule has 1 aliphatic rings. The fraction of sp³-hybridized carbons (Fsp3) is 0.500. The molecule has 0 aliphatic carbocycles. The molecule has 1 fully saturated rings. The van der Waals surface area contributed by atoms with Crippen molar-refractivity contribution in [2.45, 2.75) is 11.2 Å². The van der Waals surface area contributed by atoms with Crippen LogP contribution in [0.25, 0.3) is 0 Å². The molecule has 0 unspecified atom stereocenters. The Morgan fingerprint density at radius 3 is 2.47 bits per heavy atom. The molecule has 1 saturated heterocycles. The minimum atomic E-state index is -0.169. The highest BCUT2D eigenvalue weighted by Crippen LogP contribution is 2.43. The SMILES string of the molecule is COC(=O)CCSC1(c2ccc(OC)cc2)COC1. The summed E-state index contributed by atoms with van der Waals surface area (Å²) in [6.45, 7) is 1.37. The lowest BCUT2D eigenvalue weighted by atomic mass is 9.96. The summed E-state index contributed by atoms with van der Waals surface area (Å²) in [6, 6.07) is 8.03. The summed E-state index contributed by atoms with van der Waals surface area (Å²) in [4.78, 5) is 11.1. The van der Waals surface area contributed by atoms with Gasteiger partial charge in [0.15, 0.2) is 0 Å². The monoisotopic (exact) mass is 282 g/mol. The summed E-state index contributed by atoms with van der Waals surface area (Å²) in [6.07, 6.45) is 0.430. The van der Waals surface area contributed by atoms with Crippen molar-refractivity contribution in [2.24, 2.45) is 0 Å². The number of hydrogen-bond acceptors (Lipinski definition) is 5. The summed E-state index contributed by atoms with van der Waals surface area (Å²) >= 11 is 1.75. The van der Waals surface area contributed by atoms with Gasteiger partial charge >= 0.3 is 5.97 Å². The molecule has 0 bridgehead atoms. The first-order valence-electron chi connectivity index (χ1n) is 6.13. The van der Waals surface area contributed by atoms with E-state index in [0.717, 1.165) is 11.5 Å². The number of methoxy groups -OCH3 is 2. The van der Waals surface area contributed by atoms with Crippen molar-refractivity contribution in [2.75, 3.05) is 33.2 Å². The van der Waals surface area contributed by atoms with E-state index in [1.807, 2.05) is 12.1 Å². The van der Waals surface area contributed by atoms with Gasteiger partial charge in [0.2, 0.25) is 0 Å². The van der Waals surface area contributed by atoms with Gasteiger partial charge in [0.05, 0.1) is 38.6 Å². The highest BCUT2D eigenvalue weighted by Gasteiger charge is 2.40. The second-order valence-corrected chi connectivity index (χ2v) is 5.87. The number of ether oxygens (including phenoxy) is 3. The van der Waals surface area contributed by atoms with Crippen LogP contribution in [0.1, 0.15) is 12.0 Å². The lowest BCUT2D eigenvalue weighted by Gasteiger charge is -2.41. The van der Waals surface area contributed by atoms with Gasteiger partial charge in [-0.05, 0) is 17.7 Å². The van der Waals surface area contributed by atoms with Crippen LogP contribution in [0.3, 0.4) is 0 Å². The van der Waals surface area contributed by atoms with Gasteiger partial charge in [-0.1, -0.05) is 12.1 Å². The molecule has 4 nitrogen and oxygen atoms in total. The van der Waals surface area contributed by atoms with Crippen LogP contribution >= 0.6 is 11.8 Å². The van der Waals surface area contributed by atoms with Crippen molar-refractivity contribution >= 4 is 17.7 Å². The number of carbonyl (C=O) groups excluding carboxylic acids is 1. The Morgan fingerprint density at radius 1 is 1.32 bits per heavy atom. The zero-order valence-electron chi connectivity index (χ0n) is 11.2. The van der Waals surface area contributed by atoms with Gasteiger partial charge in [-0.2, -0.15) is 0 Å². The molecule has 0 spiro atoms. The van der Waals surface area contributed by atoms with E-state index in [1.165, 1.54) is 12.7 Å². The fourth-order valence-corrected chi connectivity index (χ4v) is 3.24. The molecule has 1 heterocycles. The van der Waals surface area contributed by atoms with Crippen molar-refractivity contribution in [3.63, 3.8) is 0 Å². The average Bonchev–Trinajstić information content (AvgIpc) is 2.41. The fourth-order valence-electron chi connectivity index (χ4n) is 1.95. The number of rotatable bonds is 6. The molecule has 2 rings (SSSR count). The summed E-state index contributed by atoms with van der Waals surface area (Å²) in [5, 5.41) is 0. The lowest BCUT2D eigenvalue weighted by molar-refractivity contribution is -0.140. The third-order valence-electron chi connectivity index (χ3n) is 3.20. The second kappa shape index (κ2) is 6.30. The number of hydrogen-bond donors (Lipinski definition) is 0. The number of benzene rings is 1. The molecule has 0 saturated carbocycles. The maximum absolute atomic E-state index is 11.1. The Kier molecular flexibility index (Phi) is 4.71. The molecule has 5 heteroatoms. The molecule has 0 aromatic heterocycles. The maximum Gasteiger partial charge on any atom is 0.306 e. The first-order valence-corrected chi connectivity index (χ1v) is 7.12. The van der Waals surface area contributed by atoms with Crippen LogP contribution in [0.15, 0.2) is 24.3 Å². The highest BCUT2D eigenvalue weighted by molar-refractivity contribution is 8.00. The third kappa shape index (κ3) is 3.22. The van der Waals surface area contributed by atoms with Crippen molar-refractivity contribution in [3.05, 3.63) is 29.8 Å². The molecule has 1 aromatic carbocycles. The minimum Gasteiger partial charge on any atom is -0.497 e. The Bertz CT molecular complexity index is 426. The van der Waals surface area contributed by atoms with E-state index in [-0.39, 0.29) is 10.7 Å². The number of carbonyl (C=O) groups is 1. The van der Waals surface area contributed by atoms with E-state index < -0.39 is 0 Å². The topological polar surface area (TPSA) is 44.8 Å². The Labute approximate surface area is 117 Å². The smallest absolute Gasteiger partial charge is 0.306 e. The van der Waals surface area contributed by atoms with Gasteiger partial charge < -0.3 is 14.2 Å². The Morgan fingerprint density at radius 2 is 2.00 bits per heavy atom. The predicted molar refractivity (Wildman–Crippen MR) is 74.6 cm³/mol. The molecular weight excluding hydrogens is 264 g/mol. The van der Waals surface area contributed by atoms with Crippen molar-refractivity contribution in [3.8, 4) is 5.75 Å². The second-order valence-electron chi connectivity index (χ2n) is 4.39. The molecular formula is C14H18O4S. The first kappa shape index (κ1) is 14.2. The molecule has 1 aromatic rings. The van der Waals surface area contributed by atoms with Crippen molar-refractivity contribution in [1.29, 1.82) is 0 Å². The van der Waals surface area contributed by atoms with Gasteiger partial charge in [-0.15, -0.1) is 11.8 Å². The van der Waals surface area contributed by atoms with Gasteiger partial charge in [-0.25, -0.2) is 0 Å². The number of thioether (sulfide) groups is 1. The minimum absolute atomic E-state index is 0.0275. The van der Waals surface area contributed by atoms with E-state index in [9.17, 15) is 4.79 Å². The summed E-state index contributed by atoms with van der Waals surface area (Å²) in [5.74, 6) is 1.42. The molecule has 0 radical (unpaired) electrons. The van der Waals surface area contributed by atoms with E-state index in [4.69, 9.17) is 9.47 Å². The van der Waals surface area contributed by atoms with Crippen LogP contribution in [0.5, 0.6) is 5.75 Å². The van der Waals surface area contributed by atoms with Crippen LogP contribution in [-0.2, 0) is 19.0 Å². The van der Waals surface area contributed by atoms with Crippen LogP contribution in [0.2, 0.25) is 0 Å². The maximum atomic E-state index is 11.1. The average molecular weight is 282 g/mol. The van der Waals surface area contributed by atoms with Crippen molar-refractivity contribution < 1.29 is 19.0 Å². The van der Waals surface area contributed by atoms with Crippen LogP contribution in [-0.4, -0.2) is 39.2 Å². The highest BCUT2D eigenvalue weighted by atomic mass is 32.2. The van der Waals surface area contributed by atoms with Crippen molar-refractivity contribution in [1.82, 2.24) is 0 Å². The Hall–Kier alpha value is -1.20. The van der Waals surface area contributed by atoms with E-state index in [2.05, 4.69) is 16.9 Å². The summed E-state index contributed by atoms with van der Waals surface area (Å²) in [5.41, 5.74) is 1.22. The Balaban J connectivity index is 1.98. The summed E-state index contributed by atoms with van der Waals surface area (Å²) < 4.78 is 15.2. The zero-order valence-corrected chi connectivity index (χ0v) is 12.0. The normalized spacial score (nSPS) is 16.5. The molecule has 19 heavy (non-hydrogen) atoms. The quantitative estimate of drug-likeness (QED) is 0.749. The molecule has 0 N–H and O–H groups in total. The lowest BCUT2D eigenvalue weighted by Crippen LogP contribution is -2.44. The van der Waals surface area contributed by atoms with E-state index in [1.54, 1.807) is 18.9 Å². The first-order chi connectivity index (χ1) is 9.20. The molecule has 0 atom stereocenters. The predicted octanol–water partition coefficient (Wildman–Crippen LogP) is 2.22. The standard InChI is InChI=1S/C14H18O4S/c1-16-12-5-3-11(4-6-12)14(9-18-10-14)19-8-7-13(15)17-2/h3-6H,7-10H2,1-2H3. The van der Waals surface area contributed by atoms with Gasteiger partial charge in [0.1, 0.15) is 5.75 Å². The van der Waals surface area contributed by atoms with E-state index >= 15 is 0 Å². The van der Waals surface area contributed by atoms with Crippen LogP contribution in [0.4, 0.5) is 0 Å². The van der Waals surface area contributed by atoms with Crippen LogP contribution in [0, 0.1) is 0 Å². The third-order valence-corrected chi connectivity index (χ3v) is 4.63. The molecule has 104 valence electrons. The zero-order chi connectivity index (χ0) is 13.7. The number of esters is 1. The summed E-state index contributed by atoms with van der Waals surface area (Å²) in [7, 11) is 3.07. The van der Waals surface area contributed by atoms with Gasteiger partial charge in [-0.3, -0.25) is 4.79 Å². The van der Waals surface area contributed by atoms with Crippen LogP contribution < -0.4 is 4.74 Å². The molecule has 0 amide bonds. The van der Waals surface area contributed by atoms with Gasteiger partial charge in [0.25, 0.3) is 0 Å².